The fourth-order valence-electron chi connectivity index (χ4n) is 4.00. The normalized spacial score (nSPS) is 16.7. The molecule has 0 saturated carbocycles. The maximum absolute atomic E-state index is 13.0. The number of carbonyl (C=O) groups excluding carboxylic acids is 2. The summed E-state index contributed by atoms with van der Waals surface area (Å²) in [7, 11) is 0. The van der Waals surface area contributed by atoms with Gasteiger partial charge in [-0.25, -0.2) is 0 Å². The van der Waals surface area contributed by atoms with E-state index in [-0.39, 0.29) is 24.4 Å². The number of hydrogen-bond donors (Lipinski definition) is 0. The van der Waals surface area contributed by atoms with Gasteiger partial charge in [-0.2, -0.15) is 0 Å². The van der Waals surface area contributed by atoms with E-state index in [1.807, 2.05) is 65.6 Å². The Morgan fingerprint density at radius 3 is 2.21 bits per heavy atom. The number of piperazine rings is 1. The van der Waals surface area contributed by atoms with Crippen molar-refractivity contribution in [2.24, 2.45) is 0 Å². The molecule has 0 aromatic heterocycles. The number of hydrogen-bond acceptors (Lipinski definition) is 2. The molecule has 29 heavy (non-hydrogen) atoms. The van der Waals surface area contributed by atoms with Crippen LogP contribution in [0.25, 0.3) is 11.1 Å². The Bertz CT molecular complexity index is 1000. The van der Waals surface area contributed by atoms with E-state index >= 15 is 0 Å². The minimum atomic E-state index is -0.0599. The minimum absolute atomic E-state index is 0.0482. The molecule has 1 aliphatic rings. The number of benzene rings is 3. The zero-order valence-electron chi connectivity index (χ0n) is 16.5. The van der Waals surface area contributed by atoms with Crippen LogP contribution in [0, 0.1) is 0 Å². The van der Waals surface area contributed by atoms with Crippen molar-refractivity contribution in [1.82, 2.24) is 4.90 Å². The Kier molecular flexibility index (Phi) is 5.43. The Morgan fingerprint density at radius 2 is 1.52 bits per heavy atom. The van der Waals surface area contributed by atoms with Crippen LogP contribution in [0.1, 0.15) is 12.5 Å². The Morgan fingerprint density at radius 1 is 0.897 bits per heavy atom. The molecule has 0 radical (unpaired) electrons. The molecule has 0 spiro atoms. The summed E-state index contributed by atoms with van der Waals surface area (Å²) in [6.45, 7) is 2.13. The second-order valence-corrected chi connectivity index (χ2v) is 7.38. The molecule has 0 N–H and O–H groups in total. The van der Waals surface area contributed by atoms with Crippen LogP contribution >= 0.6 is 0 Å². The molecular weight excluding hydrogens is 360 g/mol. The van der Waals surface area contributed by atoms with Gasteiger partial charge >= 0.3 is 0 Å². The Labute approximate surface area is 171 Å². The van der Waals surface area contributed by atoms with Crippen molar-refractivity contribution in [3.63, 3.8) is 0 Å². The molecule has 3 aromatic rings. The van der Waals surface area contributed by atoms with Gasteiger partial charge in [-0.3, -0.25) is 9.59 Å². The lowest BCUT2D eigenvalue weighted by atomic mass is 9.98. The molecule has 4 nitrogen and oxygen atoms in total. The van der Waals surface area contributed by atoms with Crippen molar-refractivity contribution in [2.75, 3.05) is 18.0 Å². The van der Waals surface area contributed by atoms with Gasteiger partial charge in [0.05, 0.1) is 11.7 Å². The predicted molar refractivity (Wildman–Crippen MR) is 116 cm³/mol. The van der Waals surface area contributed by atoms with Gasteiger partial charge in [-0.05, 0) is 23.6 Å². The van der Waals surface area contributed by atoms with Gasteiger partial charge in [0.15, 0.2) is 0 Å². The summed E-state index contributed by atoms with van der Waals surface area (Å²) < 4.78 is 0. The summed E-state index contributed by atoms with van der Waals surface area (Å²) in [5.74, 6) is -0.108. The molecule has 1 aliphatic heterocycles. The van der Waals surface area contributed by atoms with Gasteiger partial charge in [0.2, 0.25) is 11.8 Å². The number of amides is 2. The van der Waals surface area contributed by atoms with E-state index in [9.17, 15) is 9.59 Å². The maximum Gasteiger partial charge on any atom is 0.246 e. The Balaban J connectivity index is 1.68. The largest absolute Gasteiger partial charge is 0.328 e. The zero-order valence-corrected chi connectivity index (χ0v) is 16.5. The van der Waals surface area contributed by atoms with E-state index in [0.717, 1.165) is 28.8 Å². The zero-order chi connectivity index (χ0) is 20.2. The van der Waals surface area contributed by atoms with E-state index < -0.39 is 0 Å². The molecule has 3 aromatic carbocycles. The van der Waals surface area contributed by atoms with Crippen molar-refractivity contribution >= 4 is 17.5 Å². The molecule has 1 atom stereocenters. The van der Waals surface area contributed by atoms with E-state index in [1.54, 1.807) is 11.8 Å². The van der Waals surface area contributed by atoms with Crippen LogP contribution in [-0.2, 0) is 16.0 Å². The molecule has 146 valence electrons. The number of nitrogens with zero attached hydrogens (tertiary/aromatic N) is 2. The summed E-state index contributed by atoms with van der Waals surface area (Å²) >= 11 is 0. The van der Waals surface area contributed by atoms with Crippen molar-refractivity contribution in [3.8, 4) is 11.1 Å². The van der Waals surface area contributed by atoms with Gasteiger partial charge in [-0.15, -0.1) is 0 Å². The van der Waals surface area contributed by atoms with E-state index in [1.165, 1.54) is 0 Å². The SMILES string of the molecule is CC(=O)N1CC(=O)N(c2ccccc2-c2ccccc2)CC1Cc1ccccc1. The van der Waals surface area contributed by atoms with Crippen LogP contribution in [0.3, 0.4) is 0 Å². The highest BCUT2D eigenvalue weighted by Gasteiger charge is 2.35. The van der Waals surface area contributed by atoms with Gasteiger partial charge in [0, 0.05) is 19.0 Å². The molecule has 0 bridgehead atoms. The van der Waals surface area contributed by atoms with Crippen LogP contribution in [-0.4, -0.2) is 35.8 Å². The van der Waals surface area contributed by atoms with E-state index in [4.69, 9.17) is 0 Å². The number of carbonyl (C=O) groups is 2. The van der Waals surface area contributed by atoms with Crippen LogP contribution in [0.4, 0.5) is 5.69 Å². The second kappa shape index (κ2) is 8.31. The molecule has 4 heteroatoms. The smallest absolute Gasteiger partial charge is 0.246 e. The fourth-order valence-corrected chi connectivity index (χ4v) is 4.00. The average molecular weight is 384 g/mol. The Hall–Kier alpha value is -3.40. The molecule has 4 rings (SSSR count). The third-order valence-electron chi connectivity index (χ3n) is 5.44. The standard InChI is InChI=1S/C25H24N2O2/c1-19(28)26-18-25(29)27(17-22(26)16-20-10-4-2-5-11-20)24-15-9-8-14-23(24)21-12-6-3-7-13-21/h2-15,22H,16-18H2,1H3. The first kappa shape index (κ1) is 18.9. The maximum atomic E-state index is 13.0. The molecule has 1 fully saturated rings. The van der Waals surface area contributed by atoms with Crippen LogP contribution in [0.2, 0.25) is 0 Å². The van der Waals surface area contributed by atoms with Gasteiger partial charge in [0.1, 0.15) is 6.54 Å². The van der Waals surface area contributed by atoms with Gasteiger partial charge < -0.3 is 9.80 Å². The van der Waals surface area contributed by atoms with E-state index in [0.29, 0.717) is 6.54 Å². The van der Waals surface area contributed by atoms with Crippen molar-refractivity contribution in [2.45, 2.75) is 19.4 Å². The average Bonchev–Trinajstić information content (AvgIpc) is 2.76. The highest BCUT2D eigenvalue weighted by molar-refractivity contribution is 6.01. The van der Waals surface area contributed by atoms with Crippen LogP contribution in [0.5, 0.6) is 0 Å². The van der Waals surface area contributed by atoms with E-state index in [2.05, 4.69) is 24.3 Å². The number of anilines is 1. The third-order valence-corrected chi connectivity index (χ3v) is 5.44. The van der Waals surface area contributed by atoms with Gasteiger partial charge in [-0.1, -0.05) is 78.9 Å². The van der Waals surface area contributed by atoms with Crippen LogP contribution < -0.4 is 4.90 Å². The summed E-state index contributed by atoms with van der Waals surface area (Å²) in [5, 5.41) is 0. The van der Waals surface area contributed by atoms with Crippen molar-refractivity contribution in [1.29, 1.82) is 0 Å². The van der Waals surface area contributed by atoms with Gasteiger partial charge in [0.25, 0.3) is 0 Å². The summed E-state index contributed by atoms with van der Waals surface area (Å²) in [5.41, 5.74) is 4.15. The lowest BCUT2D eigenvalue weighted by molar-refractivity contribution is -0.137. The van der Waals surface area contributed by atoms with Crippen molar-refractivity contribution in [3.05, 3.63) is 90.5 Å². The number of para-hydroxylation sites is 1. The molecule has 0 aliphatic carbocycles. The molecule has 2 amide bonds. The topological polar surface area (TPSA) is 40.6 Å². The lowest BCUT2D eigenvalue weighted by Crippen LogP contribution is -2.58. The predicted octanol–water partition coefficient (Wildman–Crippen LogP) is 4.16. The minimum Gasteiger partial charge on any atom is -0.328 e. The first-order valence-electron chi connectivity index (χ1n) is 9.89. The first-order valence-corrected chi connectivity index (χ1v) is 9.89. The monoisotopic (exact) mass is 384 g/mol. The third kappa shape index (κ3) is 4.06. The quantitative estimate of drug-likeness (QED) is 0.678. The molecular formula is C25H24N2O2. The molecule has 1 heterocycles. The summed E-state index contributed by atoms with van der Waals surface area (Å²) in [6.07, 6.45) is 0.720. The lowest BCUT2D eigenvalue weighted by Gasteiger charge is -2.41. The number of rotatable bonds is 4. The first-order chi connectivity index (χ1) is 14.1. The highest BCUT2D eigenvalue weighted by atomic mass is 16.2. The molecule has 1 unspecified atom stereocenters. The van der Waals surface area contributed by atoms with Crippen LogP contribution in [0.15, 0.2) is 84.9 Å². The summed E-state index contributed by atoms with van der Waals surface area (Å²) in [6, 6.07) is 28.1. The highest BCUT2D eigenvalue weighted by Crippen LogP contribution is 2.32. The van der Waals surface area contributed by atoms with Crippen molar-refractivity contribution < 1.29 is 9.59 Å². The molecule has 1 saturated heterocycles. The second-order valence-electron chi connectivity index (χ2n) is 7.38. The fraction of sp³-hybridized carbons (Fsp3) is 0.200. The summed E-state index contributed by atoms with van der Waals surface area (Å²) in [4.78, 5) is 28.8.